The van der Waals surface area contributed by atoms with Crippen molar-refractivity contribution in [2.75, 3.05) is 7.05 Å². The van der Waals surface area contributed by atoms with Crippen LogP contribution in [0.2, 0.25) is 0 Å². The van der Waals surface area contributed by atoms with Gasteiger partial charge in [0.15, 0.2) is 0 Å². The number of carbonyl (C=O) groups excluding carboxylic acids is 1. The first-order valence-electron chi connectivity index (χ1n) is 5.67. The van der Waals surface area contributed by atoms with E-state index in [9.17, 15) is 18.4 Å². The molecule has 0 atom stereocenters. The molecule has 0 bridgehead atoms. The molecule has 1 rings (SSSR count). The van der Waals surface area contributed by atoms with Crippen LogP contribution in [0.4, 0.5) is 8.78 Å². The third-order valence-corrected chi connectivity index (χ3v) is 3.49. The van der Waals surface area contributed by atoms with Gasteiger partial charge in [-0.3, -0.25) is 9.59 Å². The average molecular weight is 249 g/mol. The predicted molar refractivity (Wildman–Crippen MR) is 56.8 cm³/mol. The van der Waals surface area contributed by atoms with Crippen molar-refractivity contribution in [1.82, 2.24) is 4.90 Å². The van der Waals surface area contributed by atoms with Gasteiger partial charge >= 0.3 is 12.4 Å². The minimum absolute atomic E-state index is 0.262. The summed E-state index contributed by atoms with van der Waals surface area (Å²) in [6.45, 7) is 0. The van der Waals surface area contributed by atoms with Crippen molar-refractivity contribution in [1.29, 1.82) is 0 Å². The van der Waals surface area contributed by atoms with Gasteiger partial charge in [0.2, 0.25) is 0 Å². The summed E-state index contributed by atoms with van der Waals surface area (Å²) >= 11 is 0. The molecule has 1 fully saturated rings. The number of alkyl halides is 2. The van der Waals surface area contributed by atoms with Crippen LogP contribution in [0.1, 0.15) is 38.5 Å². The molecular formula is C11H17F2NO3. The summed E-state index contributed by atoms with van der Waals surface area (Å²) in [5.74, 6) is -2.34. The van der Waals surface area contributed by atoms with Gasteiger partial charge in [-0.2, -0.15) is 8.78 Å². The summed E-state index contributed by atoms with van der Waals surface area (Å²) in [4.78, 5) is 23.1. The topological polar surface area (TPSA) is 57.6 Å². The molecule has 98 valence electrons. The molecule has 0 radical (unpaired) electrons. The number of nitrogens with zero attached hydrogens (tertiary/aromatic N) is 1. The average Bonchev–Trinajstić information content (AvgIpc) is 2.27. The summed E-state index contributed by atoms with van der Waals surface area (Å²) in [6, 6.07) is 0. The van der Waals surface area contributed by atoms with Crippen LogP contribution in [0.25, 0.3) is 0 Å². The molecule has 1 saturated carbocycles. The fourth-order valence-corrected chi connectivity index (χ4v) is 2.50. The van der Waals surface area contributed by atoms with Gasteiger partial charge in [-0.1, -0.05) is 19.3 Å². The van der Waals surface area contributed by atoms with Crippen LogP contribution in [0.5, 0.6) is 0 Å². The number of carboxylic acid groups (broad SMARTS) is 1. The van der Waals surface area contributed by atoms with Crippen LogP contribution in [0.3, 0.4) is 0 Å². The second-order valence-electron chi connectivity index (χ2n) is 4.55. The molecule has 0 heterocycles. The van der Waals surface area contributed by atoms with Crippen LogP contribution in [0.15, 0.2) is 0 Å². The van der Waals surface area contributed by atoms with Crippen LogP contribution in [-0.2, 0) is 9.59 Å². The van der Waals surface area contributed by atoms with Crippen molar-refractivity contribution in [3.05, 3.63) is 0 Å². The Morgan fingerprint density at radius 3 is 2.24 bits per heavy atom. The van der Waals surface area contributed by atoms with Gasteiger partial charge in [0.05, 0.1) is 12.0 Å². The molecule has 0 aromatic heterocycles. The lowest BCUT2D eigenvalue weighted by molar-refractivity contribution is -0.153. The van der Waals surface area contributed by atoms with Crippen molar-refractivity contribution >= 4 is 11.9 Å². The molecule has 0 aromatic carbocycles. The third kappa shape index (κ3) is 3.14. The molecule has 0 spiro atoms. The van der Waals surface area contributed by atoms with Crippen LogP contribution >= 0.6 is 0 Å². The van der Waals surface area contributed by atoms with Gasteiger partial charge < -0.3 is 10.0 Å². The second kappa shape index (κ2) is 5.42. The molecule has 0 unspecified atom stereocenters. The van der Waals surface area contributed by atoms with Gasteiger partial charge in [0, 0.05) is 7.05 Å². The first-order chi connectivity index (χ1) is 7.89. The quantitative estimate of drug-likeness (QED) is 0.827. The predicted octanol–water partition coefficient (Wildman–Crippen LogP) is 1.89. The van der Waals surface area contributed by atoms with Crippen LogP contribution in [-0.4, -0.2) is 40.9 Å². The Labute approximate surface area is 98.6 Å². The maximum Gasteiger partial charge on any atom is 0.315 e. The molecule has 6 heteroatoms. The number of aliphatic carboxylic acids is 1. The van der Waals surface area contributed by atoms with Crippen LogP contribution < -0.4 is 0 Å². The molecule has 17 heavy (non-hydrogen) atoms. The largest absolute Gasteiger partial charge is 0.481 e. The Hall–Kier alpha value is -1.20. The van der Waals surface area contributed by atoms with E-state index in [0.29, 0.717) is 12.8 Å². The summed E-state index contributed by atoms with van der Waals surface area (Å²) < 4.78 is 24.8. The summed E-state index contributed by atoms with van der Waals surface area (Å²) in [7, 11) is 1.28. The van der Waals surface area contributed by atoms with E-state index in [4.69, 9.17) is 5.11 Å². The molecule has 0 aliphatic heterocycles. The van der Waals surface area contributed by atoms with Crippen molar-refractivity contribution < 1.29 is 23.5 Å². The lowest BCUT2D eigenvalue weighted by Crippen LogP contribution is -2.53. The summed E-state index contributed by atoms with van der Waals surface area (Å²) in [5.41, 5.74) is -0.933. The monoisotopic (exact) mass is 249 g/mol. The number of amides is 1. The molecule has 1 aliphatic carbocycles. The third-order valence-electron chi connectivity index (χ3n) is 3.49. The van der Waals surface area contributed by atoms with Gasteiger partial charge in [-0.15, -0.1) is 0 Å². The molecule has 1 amide bonds. The number of hydrogen-bond donors (Lipinski definition) is 1. The van der Waals surface area contributed by atoms with E-state index in [1.807, 2.05) is 0 Å². The Balaban J connectivity index is 2.88. The van der Waals surface area contributed by atoms with E-state index in [1.165, 1.54) is 7.05 Å². The zero-order chi connectivity index (χ0) is 13.1. The highest BCUT2D eigenvalue weighted by molar-refractivity contribution is 5.81. The first kappa shape index (κ1) is 13.9. The highest BCUT2D eigenvalue weighted by Crippen LogP contribution is 2.36. The standard InChI is InChI=1S/C11H17F2NO3/c1-14(10(17)9(12)13)11(7-8(15)16)5-3-2-4-6-11/h9H,2-7H2,1H3,(H,15,16). The van der Waals surface area contributed by atoms with E-state index in [-0.39, 0.29) is 6.42 Å². The Morgan fingerprint density at radius 2 is 1.82 bits per heavy atom. The van der Waals surface area contributed by atoms with Gasteiger partial charge in [0.1, 0.15) is 0 Å². The SMILES string of the molecule is CN(C(=O)C(F)F)C1(CC(=O)O)CCCCC1. The normalized spacial score (nSPS) is 19.1. The minimum atomic E-state index is -3.08. The maximum absolute atomic E-state index is 12.4. The van der Waals surface area contributed by atoms with Crippen molar-refractivity contribution in [2.24, 2.45) is 0 Å². The molecule has 1 N–H and O–H groups in total. The molecule has 0 aromatic rings. The van der Waals surface area contributed by atoms with Gasteiger partial charge in [0.25, 0.3) is 5.91 Å². The van der Waals surface area contributed by atoms with E-state index >= 15 is 0 Å². The number of carboxylic acids is 1. The van der Waals surface area contributed by atoms with Gasteiger partial charge in [-0.05, 0) is 12.8 Å². The van der Waals surface area contributed by atoms with E-state index in [0.717, 1.165) is 24.2 Å². The molecule has 1 aliphatic rings. The molecular weight excluding hydrogens is 232 g/mol. The smallest absolute Gasteiger partial charge is 0.315 e. The van der Waals surface area contributed by atoms with E-state index in [2.05, 4.69) is 0 Å². The van der Waals surface area contributed by atoms with E-state index in [1.54, 1.807) is 0 Å². The first-order valence-corrected chi connectivity index (χ1v) is 5.67. The Morgan fingerprint density at radius 1 is 1.29 bits per heavy atom. The summed E-state index contributed by atoms with van der Waals surface area (Å²) in [5, 5.41) is 8.87. The highest BCUT2D eigenvalue weighted by atomic mass is 19.3. The number of hydrogen-bond acceptors (Lipinski definition) is 2. The summed E-state index contributed by atoms with van der Waals surface area (Å²) in [6.07, 6.45) is 0.123. The second-order valence-corrected chi connectivity index (χ2v) is 4.55. The maximum atomic E-state index is 12.4. The van der Waals surface area contributed by atoms with Crippen molar-refractivity contribution in [2.45, 2.75) is 50.5 Å². The van der Waals surface area contributed by atoms with Crippen LogP contribution in [0, 0.1) is 0 Å². The number of carbonyl (C=O) groups is 2. The zero-order valence-electron chi connectivity index (χ0n) is 9.79. The van der Waals surface area contributed by atoms with Crippen molar-refractivity contribution in [3.8, 4) is 0 Å². The fourth-order valence-electron chi connectivity index (χ4n) is 2.50. The number of rotatable bonds is 4. The Kier molecular flexibility index (Phi) is 4.42. The minimum Gasteiger partial charge on any atom is -0.481 e. The Bertz CT molecular complexity index is 301. The lowest BCUT2D eigenvalue weighted by atomic mass is 9.78. The number of halogens is 2. The zero-order valence-corrected chi connectivity index (χ0v) is 9.79. The lowest BCUT2D eigenvalue weighted by Gasteiger charge is -2.43. The highest BCUT2D eigenvalue weighted by Gasteiger charge is 2.42. The molecule has 0 saturated heterocycles. The van der Waals surface area contributed by atoms with Gasteiger partial charge in [-0.25, -0.2) is 0 Å². The fraction of sp³-hybridized carbons (Fsp3) is 0.818. The van der Waals surface area contributed by atoms with Crippen molar-refractivity contribution in [3.63, 3.8) is 0 Å². The molecule has 4 nitrogen and oxygen atoms in total. The van der Waals surface area contributed by atoms with E-state index < -0.39 is 23.8 Å².